The molecule has 0 aliphatic heterocycles. The lowest BCUT2D eigenvalue weighted by Gasteiger charge is -2.20. The van der Waals surface area contributed by atoms with E-state index >= 15 is 0 Å². The number of ether oxygens (including phenoxy) is 1. The predicted octanol–water partition coefficient (Wildman–Crippen LogP) is 24.3. The SMILES string of the molecule is CCCCCCCCCC/C=C/C(O)C(CO)NC(=O)CCCCCCCCCCCCCCCCCCC/C=C\C/C=C\CCCCCCCCCCCCCCCCCOC(=O)CCCCCCCCCCCCCCCCCC. The van der Waals surface area contributed by atoms with Crippen molar-refractivity contribution in [2.75, 3.05) is 13.2 Å². The molecule has 0 spiro atoms. The minimum Gasteiger partial charge on any atom is -0.466 e. The fourth-order valence-electron chi connectivity index (χ4n) is 11.7. The maximum absolute atomic E-state index is 12.4. The molecule has 0 aromatic heterocycles. The van der Waals surface area contributed by atoms with Crippen molar-refractivity contribution >= 4 is 11.9 Å². The fourth-order valence-corrected chi connectivity index (χ4v) is 11.7. The third-order valence-corrected chi connectivity index (χ3v) is 17.4. The molecule has 0 heterocycles. The first kappa shape index (κ1) is 80.1. The quantitative estimate of drug-likeness (QED) is 0.0320. The van der Waals surface area contributed by atoms with Crippen LogP contribution in [0.1, 0.15) is 412 Å². The smallest absolute Gasteiger partial charge is 0.305 e. The Bertz CT molecular complexity index is 1330. The van der Waals surface area contributed by atoms with Crippen LogP contribution in [0.3, 0.4) is 0 Å². The van der Waals surface area contributed by atoms with Crippen molar-refractivity contribution in [2.24, 2.45) is 0 Å². The van der Waals surface area contributed by atoms with Gasteiger partial charge in [0.15, 0.2) is 0 Å². The zero-order chi connectivity index (χ0) is 59.2. The second-order valence-corrected chi connectivity index (χ2v) is 25.6. The number of hydrogen-bond donors (Lipinski definition) is 3. The van der Waals surface area contributed by atoms with Gasteiger partial charge in [-0.3, -0.25) is 9.59 Å². The van der Waals surface area contributed by atoms with Crippen molar-refractivity contribution in [3.8, 4) is 0 Å². The van der Waals surface area contributed by atoms with Gasteiger partial charge in [0.2, 0.25) is 5.91 Å². The molecule has 0 aromatic carbocycles. The topological polar surface area (TPSA) is 95.9 Å². The summed E-state index contributed by atoms with van der Waals surface area (Å²) in [5.41, 5.74) is 0. The van der Waals surface area contributed by atoms with Gasteiger partial charge in [-0.05, 0) is 64.2 Å². The third-order valence-electron chi connectivity index (χ3n) is 17.4. The summed E-state index contributed by atoms with van der Waals surface area (Å²) in [6, 6.07) is -0.624. The summed E-state index contributed by atoms with van der Waals surface area (Å²) in [5, 5.41) is 23.0. The Morgan fingerprint density at radius 3 is 0.927 bits per heavy atom. The summed E-state index contributed by atoms with van der Waals surface area (Å²) in [7, 11) is 0. The minimum atomic E-state index is -0.840. The molecule has 0 fully saturated rings. The Hall–Kier alpha value is -1.92. The molecule has 0 aromatic rings. The van der Waals surface area contributed by atoms with Gasteiger partial charge in [0.05, 0.1) is 25.4 Å². The van der Waals surface area contributed by atoms with Crippen molar-refractivity contribution in [3.05, 3.63) is 36.5 Å². The minimum absolute atomic E-state index is 0.0241. The first-order chi connectivity index (χ1) is 40.5. The van der Waals surface area contributed by atoms with Gasteiger partial charge in [-0.2, -0.15) is 0 Å². The van der Waals surface area contributed by atoms with Crippen molar-refractivity contribution in [3.63, 3.8) is 0 Å². The summed E-state index contributed by atoms with van der Waals surface area (Å²) < 4.78 is 5.51. The maximum atomic E-state index is 12.4. The molecule has 82 heavy (non-hydrogen) atoms. The lowest BCUT2D eigenvalue weighted by atomic mass is 10.0. The molecule has 2 atom stereocenters. The average Bonchev–Trinajstić information content (AvgIpc) is 3.48. The van der Waals surface area contributed by atoms with E-state index in [0.717, 1.165) is 44.9 Å². The van der Waals surface area contributed by atoms with E-state index in [1.54, 1.807) is 6.08 Å². The van der Waals surface area contributed by atoms with Crippen molar-refractivity contribution in [1.82, 2.24) is 5.32 Å². The van der Waals surface area contributed by atoms with Crippen molar-refractivity contribution in [1.29, 1.82) is 0 Å². The number of aliphatic hydroxyl groups is 2. The van der Waals surface area contributed by atoms with E-state index in [1.165, 1.54) is 340 Å². The highest BCUT2D eigenvalue weighted by atomic mass is 16.5. The number of allylic oxidation sites excluding steroid dienone is 5. The van der Waals surface area contributed by atoms with E-state index in [-0.39, 0.29) is 18.5 Å². The second-order valence-electron chi connectivity index (χ2n) is 25.6. The van der Waals surface area contributed by atoms with Gasteiger partial charge in [0.1, 0.15) is 0 Å². The number of carbonyl (C=O) groups is 2. The molecule has 0 aliphatic rings. The standard InChI is InChI=1S/C76H145NO5/c1-3-5-7-9-11-13-15-16-17-44-47-50-54-58-62-66-70-76(81)82-71-67-63-59-55-51-48-45-42-40-38-36-34-32-30-28-26-24-22-20-18-19-21-23-25-27-29-31-33-35-37-39-41-43-46-49-53-57-61-65-69-75(80)77-73(72-78)74(79)68-64-60-56-52-14-12-10-8-6-4-2/h18-19,22,24,64,68,73-74,78-79H,3-17,20-21,23,25-63,65-67,69-72H2,1-2H3,(H,77,80)/b19-18-,24-22-,68-64+. The third kappa shape index (κ3) is 67.2. The summed E-state index contributed by atoms with van der Waals surface area (Å²) in [6.45, 7) is 4.92. The Kier molecular flexibility index (Phi) is 69.9. The van der Waals surface area contributed by atoms with Gasteiger partial charge in [-0.25, -0.2) is 0 Å². The molecule has 1 amide bonds. The van der Waals surface area contributed by atoms with Crippen LogP contribution in [0, 0.1) is 0 Å². The molecular formula is C76H145NO5. The predicted molar refractivity (Wildman–Crippen MR) is 361 cm³/mol. The van der Waals surface area contributed by atoms with Gasteiger partial charge in [-0.1, -0.05) is 371 Å². The number of nitrogens with one attached hydrogen (secondary N) is 1. The number of rotatable bonds is 70. The van der Waals surface area contributed by atoms with Crippen LogP contribution in [0.5, 0.6) is 0 Å². The largest absolute Gasteiger partial charge is 0.466 e. The van der Waals surface area contributed by atoms with E-state index in [1.807, 2.05) is 6.08 Å². The molecule has 0 saturated carbocycles. The van der Waals surface area contributed by atoms with Crippen LogP contribution in [-0.4, -0.2) is 47.4 Å². The first-order valence-electron chi connectivity index (χ1n) is 37.3. The fraction of sp³-hybridized carbons (Fsp3) is 0.895. The Morgan fingerprint density at radius 2 is 0.610 bits per heavy atom. The van der Waals surface area contributed by atoms with Crippen LogP contribution >= 0.6 is 0 Å². The lowest BCUT2D eigenvalue weighted by molar-refractivity contribution is -0.143. The van der Waals surface area contributed by atoms with Crippen molar-refractivity contribution < 1.29 is 24.5 Å². The summed E-state index contributed by atoms with van der Waals surface area (Å²) in [4.78, 5) is 24.5. The maximum Gasteiger partial charge on any atom is 0.305 e. The van der Waals surface area contributed by atoms with E-state index < -0.39 is 12.1 Å². The van der Waals surface area contributed by atoms with E-state index in [2.05, 4.69) is 43.5 Å². The van der Waals surface area contributed by atoms with Crippen LogP contribution in [0.15, 0.2) is 36.5 Å². The molecule has 0 bridgehead atoms. The molecule has 0 aliphatic carbocycles. The van der Waals surface area contributed by atoms with Crippen LogP contribution in [0.4, 0.5) is 0 Å². The number of aliphatic hydroxyl groups excluding tert-OH is 2. The highest BCUT2D eigenvalue weighted by Crippen LogP contribution is 2.19. The van der Waals surface area contributed by atoms with Gasteiger partial charge in [-0.15, -0.1) is 0 Å². The number of amides is 1. The molecule has 0 rings (SSSR count). The summed E-state index contributed by atoms with van der Waals surface area (Å²) in [6.07, 6.45) is 92.7. The second kappa shape index (κ2) is 71.6. The molecule has 0 saturated heterocycles. The van der Waals surface area contributed by atoms with E-state index in [0.29, 0.717) is 19.4 Å². The molecule has 6 heteroatoms. The Balaban J connectivity index is 3.33. The van der Waals surface area contributed by atoms with Crippen molar-refractivity contribution in [2.45, 2.75) is 424 Å². The van der Waals surface area contributed by atoms with Crippen LogP contribution in [0.25, 0.3) is 0 Å². The zero-order valence-corrected chi connectivity index (χ0v) is 55.5. The number of hydrogen-bond acceptors (Lipinski definition) is 5. The zero-order valence-electron chi connectivity index (χ0n) is 55.5. The average molecular weight is 1150 g/mol. The van der Waals surface area contributed by atoms with E-state index in [4.69, 9.17) is 4.74 Å². The number of esters is 1. The monoisotopic (exact) mass is 1150 g/mol. The van der Waals surface area contributed by atoms with Gasteiger partial charge in [0.25, 0.3) is 0 Å². The molecule has 2 unspecified atom stereocenters. The Labute approximate surface area is 513 Å². The number of carbonyl (C=O) groups excluding carboxylic acids is 2. The normalized spacial score (nSPS) is 12.7. The molecular weight excluding hydrogens is 1010 g/mol. The highest BCUT2D eigenvalue weighted by Gasteiger charge is 2.18. The number of unbranched alkanes of at least 4 members (excludes halogenated alkanes) is 55. The summed E-state index contributed by atoms with van der Waals surface area (Å²) in [5.74, 6) is -0.0413. The van der Waals surface area contributed by atoms with Gasteiger partial charge in [0, 0.05) is 12.8 Å². The Morgan fingerprint density at radius 1 is 0.341 bits per heavy atom. The van der Waals surface area contributed by atoms with Crippen LogP contribution in [0.2, 0.25) is 0 Å². The van der Waals surface area contributed by atoms with Gasteiger partial charge >= 0.3 is 5.97 Å². The highest BCUT2D eigenvalue weighted by molar-refractivity contribution is 5.76. The van der Waals surface area contributed by atoms with Crippen LogP contribution < -0.4 is 5.32 Å². The first-order valence-corrected chi connectivity index (χ1v) is 37.3. The van der Waals surface area contributed by atoms with Gasteiger partial charge < -0.3 is 20.3 Å². The van der Waals surface area contributed by atoms with Crippen LogP contribution in [-0.2, 0) is 14.3 Å². The summed E-state index contributed by atoms with van der Waals surface area (Å²) >= 11 is 0. The molecule has 3 N–H and O–H groups in total. The molecule has 0 radical (unpaired) electrons. The molecule has 484 valence electrons. The van der Waals surface area contributed by atoms with E-state index in [9.17, 15) is 19.8 Å². The lowest BCUT2D eigenvalue weighted by Crippen LogP contribution is -2.45. The molecule has 6 nitrogen and oxygen atoms in total.